The lowest BCUT2D eigenvalue weighted by Gasteiger charge is -2.08. The Bertz CT molecular complexity index is 1240. The predicted molar refractivity (Wildman–Crippen MR) is 126 cm³/mol. The van der Waals surface area contributed by atoms with E-state index in [1.165, 1.54) is 6.07 Å². The smallest absolute Gasteiger partial charge is 0.279 e. The number of nitrogens with one attached hydrogen (secondary N) is 1. The lowest BCUT2D eigenvalue weighted by Crippen LogP contribution is -2.21. The maximum Gasteiger partial charge on any atom is 0.279 e. The summed E-state index contributed by atoms with van der Waals surface area (Å²) in [7, 11) is 0. The van der Waals surface area contributed by atoms with Crippen LogP contribution < -0.4 is 10.2 Å². The minimum absolute atomic E-state index is 0.0446. The highest BCUT2D eigenvalue weighted by atomic mass is 35.5. The molecule has 0 aliphatic carbocycles. The summed E-state index contributed by atoms with van der Waals surface area (Å²) in [5.41, 5.74) is 3.69. The topological polar surface area (TPSA) is 137 Å². The van der Waals surface area contributed by atoms with Crippen molar-refractivity contribution in [1.82, 2.24) is 5.43 Å². The van der Waals surface area contributed by atoms with Crippen molar-refractivity contribution in [1.29, 1.82) is 0 Å². The van der Waals surface area contributed by atoms with Crippen molar-refractivity contribution >= 4 is 34.6 Å². The number of hydrogen-bond acceptors (Lipinski definition) is 7. The lowest BCUT2D eigenvalue weighted by molar-refractivity contribution is -0.394. The molecule has 0 unspecified atom stereocenters. The first-order valence-electron chi connectivity index (χ1n) is 9.95. The largest absolute Gasteiger partial charge is 0.489 e. The summed E-state index contributed by atoms with van der Waals surface area (Å²) < 4.78 is 5.74. The Labute approximate surface area is 199 Å². The van der Waals surface area contributed by atoms with Gasteiger partial charge in [0.2, 0.25) is 5.91 Å². The first-order valence-corrected chi connectivity index (χ1v) is 10.3. The van der Waals surface area contributed by atoms with E-state index in [1.54, 1.807) is 43.3 Å². The molecule has 0 radical (unpaired) electrons. The fraction of sp³-hybridized carbons (Fsp3) is 0.130. The molecule has 3 rings (SSSR count). The monoisotopic (exact) mass is 482 g/mol. The summed E-state index contributed by atoms with van der Waals surface area (Å²) in [6.07, 6.45) is -0.359. The highest BCUT2D eigenvalue weighted by molar-refractivity contribution is 6.30. The Morgan fingerprint density at radius 1 is 1.00 bits per heavy atom. The molecule has 0 saturated heterocycles. The molecular weight excluding hydrogens is 464 g/mol. The van der Waals surface area contributed by atoms with Gasteiger partial charge in [0.15, 0.2) is 0 Å². The highest BCUT2D eigenvalue weighted by Gasteiger charge is 2.21. The third kappa shape index (κ3) is 6.59. The van der Waals surface area contributed by atoms with Gasteiger partial charge in [-0.2, -0.15) is 5.10 Å². The SMILES string of the molecule is C/C(=N\NC(=O)Cc1ccc([N+](=O)[O-])cc1[N+](=O)[O-])c1ccc(OCc2ccc(Cl)cc2)cc1. The first kappa shape index (κ1) is 24.3. The average Bonchev–Trinajstić information content (AvgIpc) is 2.82. The zero-order valence-corrected chi connectivity index (χ0v) is 18.7. The van der Waals surface area contributed by atoms with Crippen molar-refractivity contribution < 1.29 is 19.4 Å². The van der Waals surface area contributed by atoms with Crippen LogP contribution >= 0.6 is 11.6 Å². The van der Waals surface area contributed by atoms with Gasteiger partial charge in [-0.3, -0.25) is 25.0 Å². The summed E-state index contributed by atoms with van der Waals surface area (Å²) in [4.78, 5) is 32.8. The van der Waals surface area contributed by atoms with Crippen LogP contribution in [0.15, 0.2) is 71.8 Å². The van der Waals surface area contributed by atoms with E-state index >= 15 is 0 Å². The number of amides is 1. The molecule has 3 aromatic rings. The molecule has 0 bridgehead atoms. The van der Waals surface area contributed by atoms with Gasteiger partial charge >= 0.3 is 0 Å². The molecule has 0 spiro atoms. The van der Waals surface area contributed by atoms with Crippen LogP contribution in [0.3, 0.4) is 0 Å². The number of rotatable bonds is 9. The zero-order valence-electron chi connectivity index (χ0n) is 17.9. The first-order chi connectivity index (χ1) is 16.2. The fourth-order valence-electron chi connectivity index (χ4n) is 2.95. The molecule has 0 aliphatic heterocycles. The summed E-state index contributed by atoms with van der Waals surface area (Å²) >= 11 is 5.87. The van der Waals surface area contributed by atoms with E-state index in [2.05, 4.69) is 10.5 Å². The predicted octanol–water partition coefficient (Wildman–Crippen LogP) is 4.82. The van der Waals surface area contributed by atoms with Crippen LogP contribution in [0.5, 0.6) is 5.75 Å². The lowest BCUT2D eigenvalue weighted by atomic mass is 10.1. The molecule has 0 heterocycles. The second kappa shape index (κ2) is 11.0. The standard InChI is InChI=1S/C23H19ClN4O6/c1-15(17-5-10-21(11-6-17)34-14-16-2-7-19(24)8-3-16)25-26-23(29)12-18-4-9-20(27(30)31)13-22(18)28(32)33/h2-11,13H,12,14H2,1H3,(H,26,29)/b25-15+. The number of carbonyl (C=O) groups is 1. The van der Waals surface area contributed by atoms with E-state index in [4.69, 9.17) is 16.3 Å². The molecule has 34 heavy (non-hydrogen) atoms. The van der Waals surface area contributed by atoms with Gasteiger partial charge in [0, 0.05) is 16.7 Å². The van der Waals surface area contributed by atoms with Crippen molar-refractivity contribution in [3.05, 3.63) is 109 Å². The van der Waals surface area contributed by atoms with E-state index in [0.717, 1.165) is 23.3 Å². The van der Waals surface area contributed by atoms with Crippen LogP contribution in [0.4, 0.5) is 11.4 Å². The van der Waals surface area contributed by atoms with Crippen LogP contribution in [-0.2, 0) is 17.8 Å². The highest BCUT2D eigenvalue weighted by Crippen LogP contribution is 2.25. The molecule has 0 aromatic heterocycles. The minimum Gasteiger partial charge on any atom is -0.489 e. The Hall–Kier alpha value is -4.31. The van der Waals surface area contributed by atoms with E-state index in [9.17, 15) is 25.0 Å². The van der Waals surface area contributed by atoms with Gasteiger partial charge < -0.3 is 4.74 Å². The van der Waals surface area contributed by atoms with Crippen molar-refractivity contribution in [3.63, 3.8) is 0 Å². The van der Waals surface area contributed by atoms with Crippen LogP contribution in [0.2, 0.25) is 5.02 Å². The molecule has 0 aliphatic rings. The van der Waals surface area contributed by atoms with E-state index in [-0.39, 0.29) is 12.0 Å². The number of ether oxygens (including phenoxy) is 1. The Balaban J connectivity index is 1.59. The molecular formula is C23H19ClN4O6. The number of carbonyl (C=O) groups excluding carboxylic acids is 1. The third-order valence-corrected chi connectivity index (χ3v) is 5.02. The fourth-order valence-corrected chi connectivity index (χ4v) is 3.07. The summed E-state index contributed by atoms with van der Waals surface area (Å²) in [5, 5.41) is 26.7. The molecule has 1 N–H and O–H groups in total. The second-order valence-corrected chi connectivity index (χ2v) is 7.61. The van der Waals surface area contributed by atoms with Gasteiger partial charge in [0.25, 0.3) is 11.4 Å². The zero-order chi connectivity index (χ0) is 24.7. The quantitative estimate of drug-likeness (QED) is 0.264. The van der Waals surface area contributed by atoms with Crippen molar-refractivity contribution in [2.24, 2.45) is 5.10 Å². The number of benzene rings is 3. The van der Waals surface area contributed by atoms with Crippen LogP contribution in [0.1, 0.15) is 23.6 Å². The van der Waals surface area contributed by atoms with Gasteiger partial charge in [-0.1, -0.05) is 23.7 Å². The molecule has 0 saturated carbocycles. The summed E-state index contributed by atoms with van der Waals surface area (Å²) in [6, 6.07) is 17.6. The molecule has 0 fully saturated rings. The number of halogens is 1. The third-order valence-electron chi connectivity index (χ3n) is 4.77. The summed E-state index contributed by atoms with van der Waals surface area (Å²) in [6.45, 7) is 2.08. The number of non-ortho nitro benzene ring substituents is 1. The molecule has 3 aromatic carbocycles. The van der Waals surface area contributed by atoms with Crippen LogP contribution in [0.25, 0.3) is 0 Å². The second-order valence-electron chi connectivity index (χ2n) is 7.18. The Kier molecular flexibility index (Phi) is 7.88. The van der Waals surface area contributed by atoms with Crippen molar-refractivity contribution in [2.75, 3.05) is 0 Å². The Morgan fingerprint density at radius 3 is 2.29 bits per heavy atom. The van der Waals surface area contributed by atoms with Crippen molar-refractivity contribution in [3.8, 4) is 5.75 Å². The van der Waals surface area contributed by atoms with Gasteiger partial charge in [-0.15, -0.1) is 0 Å². The summed E-state index contributed by atoms with van der Waals surface area (Å²) in [5.74, 6) is 0.0558. The van der Waals surface area contributed by atoms with Crippen molar-refractivity contribution in [2.45, 2.75) is 20.0 Å². The molecule has 1 amide bonds. The maximum atomic E-state index is 12.2. The number of hydrazone groups is 1. The van der Waals surface area contributed by atoms with Crippen LogP contribution in [-0.4, -0.2) is 21.5 Å². The van der Waals surface area contributed by atoms with Gasteiger partial charge in [-0.05, 0) is 60.5 Å². The van der Waals surface area contributed by atoms with Gasteiger partial charge in [0.05, 0.1) is 28.0 Å². The normalized spacial score (nSPS) is 11.1. The van der Waals surface area contributed by atoms with Gasteiger partial charge in [0.1, 0.15) is 12.4 Å². The number of nitro groups is 2. The average molecular weight is 483 g/mol. The van der Waals surface area contributed by atoms with Crippen LogP contribution in [0, 0.1) is 20.2 Å². The Morgan fingerprint density at radius 2 is 1.68 bits per heavy atom. The molecule has 0 atom stereocenters. The number of nitrogens with zero attached hydrogens (tertiary/aromatic N) is 3. The van der Waals surface area contributed by atoms with E-state index in [1.807, 2.05) is 12.1 Å². The van der Waals surface area contributed by atoms with Gasteiger partial charge in [-0.25, -0.2) is 5.43 Å². The number of hydrogen-bond donors (Lipinski definition) is 1. The molecule has 11 heteroatoms. The maximum absolute atomic E-state index is 12.2. The van der Waals surface area contributed by atoms with E-state index < -0.39 is 27.1 Å². The number of nitro benzene ring substituents is 2. The molecule has 10 nitrogen and oxygen atoms in total. The van der Waals surface area contributed by atoms with E-state index in [0.29, 0.717) is 23.1 Å². The minimum atomic E-state index is -0.763. The molecule has 174 valence electrons.